The highest BCUT2D eigenvalue weighted by Gasteiger charge is 2.09. The quantitative estimate of drug-likeness (QED) is 0.781. The predicted octanol–water partition coefficient (Wildman–Crippen LogP) is 2.67. The number of anilines is 1. The van der Waals surface area contributed by atoms with E-state index in [0.717, 1.165) is 17.3 Å². The molecule has 25 heavy (non-hydrogen) atoms. The fourth-order valence-corrected chi connectivity index (χ4v) is 2.49. The van der Waals surface area contributed by atoms with E-state index in [1.165, 1.54) is 10.8 Å². The number of amides is 1. The molecular formula is C18H15ClN4O2. The van der Waals surface area contributed by atoms with Crippen LogP contribution in [0.5, 0.6) is 0 Å². The van der Waals surface area contributed by atoms with Crippen molar-refractivity contribution in [3.8, 4) is 0 Å². The molecular weight excluding hydrogens is 340 g/mol. The average Bonchev–Trinajstić information content (AvgIpc) is 2.59. The molecule has 0 atom stereocenters. The molecule has 0 aliphatic rings. The molecule has 0 saturated heterocycles. The number of nitrogens with one attached hydrogen (secondary N) is 1. The van der Waals surface area contributed by atoms with E-state index in [1.54, 1.807) is 19.3 Å². The standard InChI is InChI=1S/C18H15ClN4O2/c1-23-11-15(20-10-17(23)24)18(25)22-16-6-5-13(9-21-16)7-12-3-2-4-14(19)8-12/h2-6,8-11H,7H2,1H3,(H,21,22,25). The summed E-state index contributed by atoms with van der Waals surface area (Å²) >= 11 is 5.98. The third-order valence-corrected chi connectivity index (χ3v) is 3.81. The van der Waals surface area contributed by atoms with Crippen LogP contribution in [0.25, 0.3) is 0 Å². The van der Waals surface area contributed by atoms with Gasteiger partial charge in [-0.05, 0) is 35.7 Å². The normalized spacial score (nSPS) is 10.5. The second kappa shape index (κ2) is 7.27. The number of nitrogens with zero attached hydrogens (tertiary/aromatic N) is 3. The summed E-state index contributed by atoms with van der Waals surface area (Å²) in [7, 11) is 1.56. The molecule has 1 N–H and O–H groups in total. The van der Waals surface area contributed by atoms with Crippen LogP contribution in [-0.2, 0) is 13.5 Å². The van der Waals surface area contributed by atoms with E-state index < -0.39 is 5.91 Å². The highest BCUT2D eigenvalue weighted by molar-refractivity contribution is 6.30. The van der Waals surface area contributed by atoms with Crippen molar-refractivity contribution < 1.29 is 4.79 Å². The van der Waals surface area contributed by atoms with Crippen LogP contribution >= 0.6 is 11.6 Å². The maximum atomic E-state index is 12.1. The zero-order valence-corrected chi connectivity index (χ0v) is 14.2. The topological polar surface area (TPSA) is 76.9 Å². The van der Waals surface area contributed by atoms with Gasteiger partial charge in [-0.3, -0.25) is 9.59 Å². The molecule has 0 fully saturated rings. The Labute approximate surface area is 149 Å². The molecule has 0 spiro atoms. The van der Waals surface area contributed by atoms with E-state index >= 15 is 0 Å². The van der Waals surface area contributed by atoms with Gasteiger partial charge in [-0.25, -0.2) is 9.97 Å². The summed E-state index contributed by atoms with van der Waals surface area (Å²) in [6.07, 6.45) is 4.89. The van der Waals surface area contributed by atoms with Crippen LogP contribution in [-0.4, -0.2) is 20.4 Å². The zero-order chi connectivity index (χ0) is 17.8. The summed E-state index contributed by atoms with van der Waals surface area (Å²) in [6.45, 7) is 0. The number of pyridine rings is 1. The first-order valence-electron chi connectivity index (χ1n) is 7.55. The van der Waals surface area contributed by atoms with Gasteiger partial charge in [-0.15, -0.1) is 0 Å². The Morgan fingerprint density at radius 3 is 2.68 bits per heavy atom. The largest absolute Gasteiger partial charge is 0.315 e. The van der Waals surface area contributed by atoms with Crippen LogP contribution in [0, 0.1) is 0 Å². The van der Waals surface area contributed by atoms with E-state index in [9.17, 15) is 9.59 Å². The predicted molar refractivity (Wildman–Crippen MR) is 95.9 cm³/mol. The Morgan fingerprint density at radius 2 is 2.00 bits per heavy atom. The number of hydrogen-bond acceptors (Lipinski definition) is 4. The van der Waals surface area contributed by atoms with E-state index in [-0.39, 0.29) is 11.3 Å². The Kier molecular flexibility index (Phi) is 4.90. The van der Waals surface area contributed by atoms with Gasteiger partial charge in [-0.2, -0.15) is 0 Å². The van der Waals surface area contributed by atoms with Gasteiger partial charge in [0, 0.05) is 24.5 Å². The number of carbonyl (C=O) groups excluding carboxylic acids is 1. The lowest BCUT2D eigenvalue weighted by Crippen LogP contribution is -2.22. The van der Waals surface area contributed by atoms with Crippen molar-refractivity contribution in [2.75, 3.05) is 5.32 Å². The van der Waals surface area contributed by atoms with Crippen LogP contribution in [0.2, 0.25) is 5.02 Å². The SMILES string of the molecule is Cn1cc(C(=O)Nc2ccc(Cc3cccc(Cl)c3)cn2)ncc1=O. The van der Waals surface area contributed by atoms with Crippen molar-refractivity contribution >= 4 is 23.3 Å². The van der Waals surface area contributed by atoms with Gasteiger partial charge in [0.2, 0.25) is 0 Å². The molecule has 0 saturated carbocycles. The third-order valence-electron chi connectivity index (χ3n) is 3.57. The van der Waals surface area contributed by atoms with Gasteiger partial charge in [-0.1, -0.05) is 29.8 Å². The van der Waals surface area contributed by atoms with Gasteiger partial charge in [0.15, 0.2) is 0 Å². The molecule has 0 radical (unpaired) electrons. The molecule has 3 rings (SSSR count). The van der Waals surface area contributed by atoms with Crippen LogP contribution in [0.15, 0.2) is 59.8 Å². The van der Waals surface area contributed by atoms with Crippen LogP contribution in [0.1, 0.15) is 21.6 Å². The fourth-order valence-electron chi connectivity index (χ4n) is 2.28. The molecule has 0 aliphatic heterocycles. The molecule has 126 valence electrons. The van der Waals surface area contributed by atoms with Crippen LogP contribution in [0.4, 0.5) is 5.82 Å². The third kappa shape index (κ3) is 4.30. The molecule has 1 amide bonds. The van der Waals surface area contributed by atoms with E-state index in [2.05, 4.69) is 15.3 Å². The second-order valence-corrected chi connectivity index (χ2v) is 5.97. The first-order valence-corrected chi connectivity index (χ1v) is 7.92. The van der Waals surface area contributed by atoms with Crippen molar-refractivity contribution in [2.24, 2.45) is 7.05 Å². The Morgan fingerprint density at radius 1 is 1.16 bits per heavy atom. The Balaban J connectivity index is 1.68. The van der Waals surface area contributed by atoms with Gasteiger partial charge in [0.1, 0.15) is 11.5 Å². The second-order valence-electron chi connectivity index (χ2n) is 5.53. The van der Waals surface area contributed by atoms with E-state index in [4.69, 9.17) is 11.6 Å². The molecule has 0 aliphatic carbocycles. The first-order chi connectivity index (χ1) is 12.0. The van der Waals surface area contributed by atoms with Crippen molar-refractivity contribution in [2.45, 2.75) is 6.42 Å². The van der Waals surface area contributed by atoms with E-state index in [0.29, 0.717) is 17.3 Å². The maximum Gasteiger partial charge on any atom is 0.276 e. The monoisotopic (exact) mass is 354 g/mol. The van der Waals surface area contributed by atoms with Crippen molar-refractivity contribution in [3.05, 3.63) is 87.2 Å². The van der Waals surface area contributed by atoms with Gasteiger partial charge >= 0.3 is 0 Å². The van der Waals surface area contributed by atoms with Crippen LogP contribution < -0.4 is 10.9 Å². The molecule has 3 aromatic rings. The summed E-state index contributed by atoms with van der Waals surface area (Å²) in [5.41, 5.74) is 1.95. The van der Waals surface area contributed by atoms with Gasteiger partial charge < -0.3 is 9.88 Å². The van der Waals surface area contributed by atoms with Crippen LogP contribution in [0.3, 0.4) is 0 Å². The smallest absolute Gasteiger partial charge is 0.276 e. The number of rotatable bonds is 4. The van der Waals surface area contributed by atoms with Crippen molar-refractivity contribution in [3.63, 3.8) is 0 Å². The lowest BCUT2D eigenvalue weighted by Gasteiger charge is -2.06. The maximum absolute atomic E-state index is 12.1. The minimum atomic E-state index is -0.425. The summed E-state index contributed by atoms with van der Waals surface area (Å²) in [6, 6.07) is 11.2. The minimum Gasteiger partial charge on any atom is -0.315 e. The molecule has 0 bridgehead atoms. The number of aryl methyl sites for hydroxylation is 1. The highest BCUT2D eigenvalue weighted by atomic mass is 35.5. The summed E-state index contributed by atoms with van der Waals surface area (Å²) in [5.74, 6) is -0.0128. The zero-order valence-electron chi connectivity index (χ0n) is 13.4. The number of halogens is 1. The average molecular weight is 355 g/mol. The lowest BCUT2D eigenvalue weighted by atomic mass is 10.1. The minimum absolute atomic E-state index is 0.145. The molecule has 6 nitrogen and oxygen atoms in total. The first kappa shape index (κ1) is 16.9. The number of hydrogen-bond donors (Lipinski definition) is 1. The lowest BCUT2D eigenvalue weighted by molar-refractivity contribution is 0.102. The molecule has 1 aromatic carbocycles. The van der Waals surface area contributed by atoms with Gasteiger partial charge in [0.25, 0.3) is 11.5 Å². The molecule has 7 heteroatoms. The summed E-state index contributed by atoms with van der Waals surface area (Å²) in [5, 5.41) is 3.35. The van der Waals surface area contributed by atoms with Gasteiger partial charge in [0.05, 0.1) is 6.20 Å². The fraction of sp³-hybridized carbons (Fsp3) is 0.111. The highest BCUT2D eigenvalue weighted by Crippen LogP contribution is 2.15. The summed E-state index contributed by atoms with van der Waals surface area (Å²) in [4.78, 5) is 31.5. The molecule has 2 heterocycles. The number of carbonyl (C=O) groups is 1. The number of benzene rings is 1. The Hall–Kier alpha value is -2.99. The molecule has 2 aromatic heterocycles. The van der Waals surface area contributed by atoms with Crippen molar-refractivity contribution in [1.29, 1.82) is 0 Å². The Bertz CT molecular complexity index is 967. The van der Waals surface area contributed by atoms with Crippen molar-refractivity contribution in [1.82, 2.24) is 14.5 Å². The number of aromatic nitrogens is 3. The summed E-state index contributed by atoms with van der Waals surface area (Å²) < 4.78 is 1.30. The molecule has 0 unspecified atom stereocenters. The van der Waals surface area contributed by atoms with E-state index in [1.807, 2.05) is 30.3 Å².